The summed E-state index contributed by atoms with van der Waals surface area (Å²) in [5.41, 5.74) is 1.09. The predicted molar refractivity (Wildman–Crippen MR) is 95.9 cm³/mol. The number of methoxy groups -OCH3 is 2. The molecule has 8 heteroatoms. The van der Waals surface area contributed by atoms with Crippen molar-refractivity contribution in [1.82, 2.24) is 15.2 Å². The van der Waals surface area contributed by atoms with Gasteiger partial charge in [0.2, 0.25) is 5.95 Å². The minimum absolute atomic E-state index is 0.287. The topological polar surface area (TPSA) is 102 Å². The van der Waals surface area contributed by atoms with Crippen molar-refractivity contribution in [3.05, 3.63) is 64.0 Å². The van der Waals surface area contributed by atoms with E-state index in [1.807, 2.05) is 18.2 Å². The largest absolute Gasteiger partial charge is 0.493 e. The molecule has 0 spiro atoms. The first-order valence-electron chi connectivity index (χ1n) is 8.12. The lowest BCUT2D eigenvalue weighted by Crippen LogP contribution is -2.20. The molecule has 0 amide bonds. The zero-order valence-electron chi connectivity index (χ0n) is 14.6. The van der Waals surface area contributed by atoms with Crippen molar-refractivity contribution in [2.75, 3.05) is 26.1 Å². The van der Waals surface area contributed by atoms with Gasteiger partial charge >= 0.3 is 0 Å². The third-order valence-corrected chi connectivity index (χ3v) is 3.84. The van der Waals surface area contributed by atoms with Crippen LogP contribution in [0.25, 0.3) is 0 Å². The van der Waals surface area contributed by atoms with Crippen LogP contribution in [0.5, 0.6) is 11.5 Å². The summed E-state index contributed by atoms with van der Waals surface area (Å²) in [5.74, 6) is 2.37. The smallest absolute Gasteiger partial charge is 0.274 e. The molecule has 0 radical (unpaired) electrons. The van der Waals surface area contributed by atoms with Gasteiger partial charge in [-0.15, -0.1) is 10.2 Å². The Morgan fingerprint density at radius 1 is 1.15 bits per heavy atom. The molecule has 0 saturated carbocycles. The molecular formula is C18H20N4O4. The summed E-state index contributed by atoms with van der Waals surface area (Å²) in [6.45, 7) is 0.581. The summed E-state index contributed by atoms with van der Waals surface area (Å²) in [6, 6.07) is 9.29. The van der Waals surface area contributed by atoms with Crippen molar-refractivity contribution in [3.8, 4) is 11.5 Å². The summed E-state index contributed by atoms with van der Waals surface area (Å²) in [5, 5.41) is 11.0. The Balaban J connectivity index is 1.58. The molecule has 0 aliphatic rings. The highest BCUT2D eigenvalue weighted by molar-refractivity contribution is 5.43. The van der Waals surface area contributed by atoms with Crippen LogP contribution in [0, 0.1) is 0 Å². The number of nitrogens with zero attached hydrogens (tertiary/aromatic N) is 2. The fraction of sp³-hybridized carbons (Fsp3) is 0.278. The maximum atomic E-state index is 12.1. The van der Waals surface area contributed by atoms with Crippen LogP contribution in [0.15, 0.2) is 45.8 Å². The molecule has 26 heavy (non-hydrogen) atoms. The van der Waals surface area contributed by atoms with Crippen LogP contribution in [-0.4, -0.2) is 35.9 Å². The van der Waals surface area contributed by atoms with Crippen LogP contribution in [-0.2, 0) is 12.8 Å². The lowest BCUT2D eigenvalue weighted by atomic mass is 10.1. The molecular weight excluding hydrogens is 336 g/mol. The third-order valence-electron chi connectivity index (χ3n) is 3.84. The van der Waals surface area contributed by atoms with E-state index in [4.69, 9.17) is 13.9 Å². The number of ether oxygens (including phenoxy) is 2. The molecule has 2 heterocycles. The molecule has 0 unspecified atom stereocenters. The molecule has 0 saturated heterocycles. The van der Waals surface area contributed by atoms with Crippen LogP contribution in [0.4, 0.5) is 5.95 Å². The average Bonchev–Trinajstić information content (AvgIpc) is 3.17. The van der Waals surface area contributed by atoms with Gasteiger partial charge in [0.05, 0.1) is 26.9 Å². The Labute approximate surface area is 150 Å². The fourth-order valence-electron chi connectivity index (χ4n) is 2.50. The molecule has 0 atom stereocenters. The molecule has 3 aromatic rings. The van der Waals surface area contributed by atoms with E-state index >= 15 is 0 Å². The fourth-order valence-corrected chi connectivity index (χ4v) is 2.50. The number of aromatic nitrogens is 3. The van der Waals surface area contributed by atoms with Crippen molar-refractivity contribution in [2.45, 2.75) is 12.8 Å². The number of nitrogens with one attached hydrogen (secondary N) is 2. The highest BCUT2D eigenvalue weighted by atomic mass is 16.5. The van der Waals surface area contributed by atoms with E-state index < -0.39 is 0 Å². The van der Waals surface area contributed by atoms with Gasteiger partial charge in [-0.3, -0.25) is 9.78 Å². The van der Waals surface area contributed by atoms with E-state index in [9.17, 15) is 4.79 Å². The number of H-pyrrole nitrogens is 1. The van der Waals surface area contributed by atoms with Gasteiger partial charge in [0.1, 0.15) is 11.5 Å². The summed E-state index contributed by atoms with van der Waals surface area (Å²) in [6.07, 6.45) is 2.58. The third kappa shape index (κ3) is 4.21. The van der Waals surface area contributed by atoms with Gasteiger partial charge in [0.25, 0.3) is 5.56 Å². The first kappa shape index (κ1) is 17.5. The van der Waals surface area contributed by atoms with Crippen LogP contribution < -0.4 is 20.3 Å². The predicted octanol–water partition coefficient (Wildman–Crippen LogP) is 2.02. The number of hydrogen-bond donors (Lipinski definition) is 2. The first-order valence-corrected chi connectivity index (χ1v) is 8.12. The molecule has 0 fully saturated rings. The molecule has 0 aliphatic heterocycles. The van der Waals surface area contributed by atoms with Crippen molar-refractivity contribution in [3.63, 3.8) is 0 Å². The number of benzene rings is 1. The van der Waals surface area contributed by atoms with Gasteiger partial charge < -0.3 is 19.2 Å². The van der Waals surface area contributed by atoms with Crippen LogP contribution in [0.3, 0.4) is 0 Å². The first-order chi connectivity index (χ1) is 12.7. The van der Waals surface area contributed by atoms with Crippen molar-refractivity contribution in [1.29, 1.82) is 0 Å². The Bertz CT molecular complexity index is 906. The normalized spacial score (nSPS) is 10.5. The molecule has 1 aromatic carbocycles. The Morgan fingerprint density at radius 3 is 2.69 bits per heavy atom. The minimum atomic E-state index is -0.287. The SMILES string of the molecule is COc1ccc(CCNc2nnc(Cc3ccco3)c(=O)[nH]2)cc1OC. The van der Waals surface area contributed by atoms with Gasteiger partial charge in [-0.05, 0) is 36.2 Å². The van der Waals surface area contributed by atoms with E-state index in [-0.39, 0.29) is 5.56 Å². The van der Waals surface area contributed by atoms with Gasteiger partial charge in [-0.1, -0.05) is 6.07 Å². The molecule has 136 valence electrons. The van der Waals surface area contributed by atoms with Crippen molar-refractivity contribution >= 4 is 5.95 Å². The number of rotatable bonds is 8. The van der Waals surface area contributed by atoms with Gasteiger partial charge in [-0.25, -0.2) is 0 Å². The van der Waals surface area contributed by atoms with E-state index in [1.54, 1.807) is 32.6 Å². The van der Waals surface area contributed by atoms with Gasteiger partial charge in [0, 0.05) is 6.54 Å². The molecule has 0 bridgehead atoms. The standard InChI is InChI=1S/C18H20N4O4/c1-24-15-6-5-12(10-16(15)25-2)7-8-19-18-20-17(23)14(21-22-18)11-13-4-3-9-26-13/h3-6,9-10H,7-8,11H2,1-2H3,(H2,19,20,22,23). The monoisotopic (exact) mass is 356 g/mol. The molecule has 3 rings (SSSR count). The van der Waals surface area contributed by atoms with E-state index in [0.717, 1.165) is 12.0 Å². The molecule has 0 aliphatic carbocycles. The molecule has 8 nitrogen and oxygen atoms in total. The maximum absolute atomic E-state index is 12.1. The lowest BCUT2D eigenvalue weighted by molar-refractivity contribution is 0.354. The van der Waals surface area contributed by atoms with Crippen molar-refractivity contribution in [2.24, 2.45) is 0 Å². The van der Waals surface area contributed by atoms with E-state index in [0.29, 0.717) is 41.9 Å². The Kier molecular flexibility index (Phi) is 5.52. The minimum Gasteiger partial charge on any atom is -0.493 e. The average molecular weight is 356 g/mol. The lowest BCUT2D eigenvalue weighted by Gasteiger charge is -2.10. The zero-order chi connectivity index (χ0) is 18.4. The number of anilines is 1. The van der Waals surface area contributed by atoms with E-state index in [1.165, 1.54) is 0 Å². The second-order valence-electron chi connectivity index (χ2n) is 5.57. The highest BCUT2D eigenvalue weighted by Gasteiger charge is 2.08. The summed E-state index contributed by atoms with van der Waals surface area (Å²) in [4.78, 5) is 14.8. The van der Waals surface area contributed by atoms with Crippen LogP contribution in [0.1, 0.15) is 17.0 Å². The molecule has 2 aromatic heterocycles. The summed E-state index contributed by atoms with van der Waals surface area (Å²) >= 11 is 0. The van der Waals surface area contributed by atoms with E-state index in [2.05, 4.69) is 20.5 Å². The van der Waals surface area contributed by atoms with Gasteiger partial charge in [-0.2, -0.15) is 0 Å². The van der Waals surface area contributed by atoms with Gasteiger partial charge in [0.15, 0.2) is 11.5 Å². The molecule has 2 N–H and O–H groups in total. The maximum Gasteiger partial charge on any atom is 0.274 e. The number of furan rings is 1. The van der Waals surface area contributed by atoms with Crippen LogP contribution >= 0.6 is 0 Å². The van der Waals surface area contributed by atoms with Crippen LogP contribution in [0.2, 0.25) is 0 Å². The second-order valence-corrected chi connectivity index (χ2v) is 5.57. The van der Waals surface area contributed by atoms with Crippen molar-refractivity contribution < 1.29 is 13.9 Å². The number of hydrogen-bond acceptors (Lipinski definition) is 7. The summed E-state index contributed by atoms with van der Waals surface area (Å²) in [7, 11) is 3.20. The second kappa shape index (κ2) is 8.19. The highest BCUT2D eigenvalue weighted by Crippen LogP contribution is 2.27. The Hall–Kier alpha value is -3.29. The Morgan fingerprint density at radius 2 is 2.00 bits per heavy atom. The number of aromatic amines is 1. The summed E-state index contributed by atoms with van der Waals surface area (Å²) < 4.78 is 15.7. The quantitative estimate of drug-likeness (QED) is 0.636. The zero-order valence-corrected chi connectivity index (χ0v) is 14.6.